The van der Waals surface area contributed by atoms with Crippen molar-refractivity contribution in [1.29, 1.82) is 0 Å². The molecule has 0 radical (unpaired) electrons. The Labute approximate surface area is 152 Å². The van der Waals surface area contributed by atoms with Crippen molar-refractivity contribution in [2.24, 2.45) is 7.05 Å². The van der Waals surface area contributed by atoms with Crippen LogP contribution in [0.25, 0.3) is 11.0 Å². The second kappa shape index (κ2) is 6.34. The summed E-state index contributed by atoms with van der Waals surface area (Å²) in [6.07, 6.45) is 10.6. The number of aromatic nitrogens is 7. The highest BCUT2D eigenvalue weighted by molar-refractivity contribution is 5.86. The third kappa shape index (κ3) is 2.55. The number of fused-ring (bicyclic) bond motifs is 2. The van der Waals surface area contributed by atoms with Crippen molar-refractivity contribution in [2.75, 3.05) is 18.0 Å². The van der Waals surface area contributed by atoms with E-state index >= 15 is 0 Å². The third-order valence-corrected chi connectivity index (χ3v) is 5.73. The molecule has 8 heteroatoms. The van der Waals surface area contributed by atoms with E-state index in [4.69, 9.17) is 0 Å². The molecule has 5 heterocycles. The lowest BCUT2D eigenvalue weighted by Crippen LogP contribution is -2.36. The van der Waals surface area contributed by atoms with E-state index in [0.717, 1.165) is 55.7 Å². The van der Waals surface area contributed by atoms with Crippen molar-refractivity contribution in [3.05, 3.63) is 24.2 Å². The van der Waals surface area contributed by atoms with Crippen LogP contribution in [-0.2, 0) is 20.0 Å². The zero-order valence-electron chi connectivity index (χ0n) is 15.2. The lowest BCUT2D eigenvalue weighted by Gasteiger charge is -2.33. The van der Waals surface area contributed by atoms with Crippen LogP contribution in [0.2, 0.25) is 0 Å². The van der Waals surface area contributed by atoms with Crippen molar-refractivity contribution < 1.29 is 0 Å². The number of hydrogen-bond donors (Lipinski definition) is 0. The largest absolute Gasteiger partial charge is 0.355 e. The van der Waals surface area contributed by atoms with Gasteiger partial charge in [0.15, 0.2) is 5.65 Å². The van der Waals surface area contributed by atoms with E-state index in [0.29, 0.717) is 5.92 Å². The normalized spacial score (nSPS) is 21.0. The molecule has 3 aromatic heterocycles. The summed E-state index contributed by atoms with van der Waals surface area (Å²) >= 11 is 0. The topological polar surface area (TPSA) is 77.5 Å². The SMILES string of the molecule is Cn1ncc2c(N3CCCC(c4nnc5n4CCCCC5)C3)ncnc21. The zero-order chi connectivity index (χ0) is 17.5. The molecule has 3 aromatic rings. The summed E-state index contributed by atoms with van der Waals surface area (Å²) in [7, 11) is 1.92. The van der Waals surface area contributed by atoms with E-state index in [2.05, 4.69) is 34.7 Å². The van der Waals surface area contributed by atoms with Gasteiger partial charge in [-0.3, -0.25) is 4.68 Å². The van der Waals surface area contributed by atoms with Crippen molar-refractivity contribution in [3.63, 3.8) is 0 Å². The summed E-state index contributed by atoms with van der Waals surface area (Å²) in [5.74, 6) is 3.74. The van der Waals surface area contributed by atoms with E-state index in [9.17, 15) is 0 Å². The van der Waals surface area contributed by atoms with Gasteiger partial charge in [0.05, 0.1) is 11.6 Å². The lowest BCUT2D eigenvalue weighted by atomic mass is 9.97. The minimum atomic E-state index is 0.407. The average molecular weight is 352 g/mol. The minimum Gasteiger partial charge on any atom is -0.355 e. The maximum atomic E-state index is 4.59. The first-order chi connectivity index (χ1) is 12.8. The molecule has 0 bridgehead atoms. The zero-order valence-corrected chi connectivity index (χ0v) is 15.2. The standard InChI is InChI=1S/C18H24N8/c1-24-17-14(10-21-24)18(20-12-19-17)25-8-5-6-13(11-25)16-23-22-15-7-3-2-4-9-26(15)16/h10,12-13H,2-9,11H2,1H3. The molecular weight excluding hydrogens is 328 g/mol. The Balaban J connectivity index is 1.46. The first kappa shape index (κ1) is 15.7. The second-order valence-electron chi connectivity index (χ2n) is 7.42. The summed E-state index contributed by atoms with van der Waals surface area (Å²) in [4.78, 5) is 11.3. The molecule has 26 heavy (non-hydrogen) atoms. The average Bonchev–Trinajstić information content (AvgIpc) is 3.18. The van der Waals surface area contributed by atoms with Gasteiger partial charge in [0.25, 0.3) is 0 Å². The number of anilines is 1. The molecule has 0 saturated carbocycles. The highest BCUT2D eigenvalue weighted by Crippen LogP contribution is 2.32. The number of piperidine rings is 1. The maximum absolute atomic E-state index is 4.59. The minimum absolute atomic E-state index is 0.407. The number of nitrogens with zero attached hydrogens (tertiary/aromatic N) is 8. The Morgan fingerprint density at radius 1 is 1.04 bits per heavy atom. The van der Waals surface area contributed by atoms with Crippen molar-refractivity contribution >= 4 is 16.9 Å². The van der Waals surface area contributed by atoms with Crippen LogP contribution < -0.4 is 4.90 Å². The first-order valence-electron chi connectivity index (χ1n) is 9.61. The highest BCUT2D eigenvalue weighted by Gasteiger charge is 2.29. The maximum Gasteiger partial charge on any atom is 0.163 e. The van der Waals surface area contributed by atoms with E-state index < -0.39 is 0 Å². The fourth-order valence-electron chi connectivity index (χ4n) is 4.39. The van der Waals surface area contributed by atoms with Gasteiger partial charge in [-0.05, 0) is 25.7 Å². The van der Waals surface area contributed by atoms with Gasteiger partial charge in [-0.1, -0.05) is 6.42 Å². The van der Waals surface area contributed by atoms with Crippen LogP contribution in [0, 0.1) is 0 Å². The molecule has 1 unspecified atom stereocenters. The fourth-order valence-corrected chi connectivity index (χ4v) is 4.39. The number of hydrogen-bond acceptors (Lipinski definition) is 6. The van der Waals surface area contributed by atoms with Crippen LogP contribution in [0.3, 0.4) is 0 Å². The second-order valence-corrected chi connectivity index (χ2v) is 7.42. The molecule has 0 spiro atoms. The molecular formula is C18H24N8. The van der Waals surface area contributed by atoms with E-state index in [-0.39, 0.29) is 0 Å². The monoisotopic (exact) mass is 352 g/mol. The van der Waals surface area contributed by atoms with Gasteiger partial charge in [-0.15, -0.1) is 10.2 Å². The van der Waals surface area contributed by atoms with Gasteiger partial charge in [-0.2, -0.15) is 5.10 Å². The lowest BCUT2D eigenvalue weighted by molar-refractivity contribution is 0.464. The van der Waals surface area contributed by atoms with Gasteiger partial charge in [0.2, 0.25) is 0 Å². The Hall–Kier alpha value is -2.51. The van der Waals surface area contributed by atoms with Gasteiger partial charge in [0.1, 0.15) is 23.8 Å². The molecule has 0 aliphatic carbocycles. The first-order valence-corrected chi connectivity index (χ1v) is 9.61. The van der Waals surface area contributed by atoms with E-state index in [1.807, 2.05) is 13.2 Å². The van der Waals surface area contributed by atoms with Crippen LogP contribution in [0.1, 0.15) is 49.7 Å². The molecule has 1 fully saturated rings. The van der Waals surface area contributed by atoms with Crippen LogP contribution in [0.4, 0.5) is 5.82 Å². The Morgan fingerprint density at radius 2 is 2.00 bits per heavy atom. The molecule has 136 valence electrons. The molecule has 1 saturated heterocycles. The van der Waals surface area contributed by atoms with Crippen LogP contribution in [0.15, 0.2) is 12.5 Å². The quantitative estimate of drug-likeness (QED) is 0.703. The van der Waals surface area contributed by atoms with Crippen molar-refractivity contribution in [2.45, 2.75) is 51.0 Å². The Kier molecular flexibility index (Phi) is 3.83. The fraction of sp³-hybridized carbons (Fsp3) is 0.611. The molecule has 5 rings (SSSR count). The van der Waals surface area contributed by atoms with Crippen molar-refractivity contribution in [1.82, 2.24) is 34.5 Å². The molecule has 1 atom stereocenters. The highest BCUT2D eigenvalue weighted by atomic mass is 15.3. The summed E-state index contributed by atoms with van der Waals surface area (Å²) in [5.41, 5.74) is 0.883. The summed E-state index contributed by atoms with van der Waals surface area (Å²) in [6.45, 7) is 3.01. The Morgan fingerprint density at radius 3 is 2.96 bits per heavy atom. The number of rotatable bonds is 2. The molecule has 8 nitrogen and oxygen atoms in total. The Bertz CT molecular complexity index is 927. The summed E-state index contributed by atoms with van der Waals surface area (Å²) < 4.78 is 4.20. The summed E-state index contributed by atoms with van der Waals surface area (Å²) in [6, 6.07) is 0. The summed E-state index contributed by atoms with van der Waals surface area (Å²) in [5, 5.41) is 14.5. The molecule has 0 amide bonds. The molecule has 0 N–H and O–H groups in total. The smallest absolute Gasteiger partial charge is 0.163 e. The molecule has 2 aliphatic rings. The van der Waals surface area contributed by atoms with E-state index in [1.54, 1.807) is 11.0 Å². The van der Waals surface area contributed by atoms with Crippen LogP contribution >= 0.6 is 0 Å². The van der Waals surface area contributed by atoms with Gasteiger partial charge in [-0.25, -0.2) is 9.97 Å². The van der Waals surface area contributed by atoms with Crippen LogP contribution in [-0.4, -0.2) is 47.6 Å². The van der Waals surface area contributed by atoms with Gasteiger partial charge < -0.3 is 9.47 Å². The van der Waals surface area contributed by atoms with Crippen LogP contribution in [0.5, 0.6) is 0 Å². The predicted molar refractivity (Wildman–Crippen MR) is 98.1 cm³/mol. The predicted octanol–water partition coefficient (Wildman–Crippen LogP) is 2.07. The number of aryl methyl sites for hydroxylation is 2. The van der Waals surface area contributed by atoms with Crippen molar-refractivity contribution in [3.8, 4) is 0 Å². The third-order valence-electron chi connectivity index (χ3n) is 5.73. The van der Waals surface area contributed by atoms with Gasteiger partial charge in [0, 0.05) is 39.0 Å². The van der Waals surface area contributed by atoms with Gasteiger partial charge >= 0.3 is 0 Å². The molecule has 2 aliphatic heterocycles. The molecule has 0 aromatic carbocycles. The van der Waals surface area contributed by atoms with E-state index in [1.165, 1.54) is 30.9 Å².